The molecule has 0 aromatic rings. The second-order valence-corrected chi connectivity index (χ2v) is 7.08. The zero-order chi connectivity index (χ0) is 17.5. The highest BCUT2D eigenvalue weighted by molar-refractivity contribution is 5.81. The Balaban J connectivity index is 2.28. The van der Waals surface area contributed by atoms with Gasteiger partial charge in [-0.1, -0.05) is 20.8 Å². The molecule has 3 N–H and O–H groups in total. The Hall–Kier alpha value is -1.63. The van der Waals surface area contributed by atoms with Crippen LogP contribution in [0.2, 0.25) is 0 Å². The van der Waals surface area contributed by atoms with E-state index in [1.807, 2.05) is 20.8 Å². The highest BCUT2D eigenvalue weighted by Crippen LogP contribution is 2.30. The van der Waals surface area contributed by atoms with Crippen LogP contribution >= 0.6 is 0 Å². The summed E-state index contributed by atoms with van der Waals surface area (Å²) in [5.41, 5.74) is -1.37. The molecule has 2 amide bonds. The van der Waals surface area contributed by atoms with E-state index >= 15 is 0 Å². The number of aliphatic carboxylic acids is 1. The summed E-state index contributed by atoms with van der Waals surface area (Å²) in [6.45, 7) is 6.85. The van der Waals surface area contributed by atoms with Gasteiger partial charge in [0.15, 0.2) is 0 Å². The van der Waals surface area contributed by atoms with Gasteiger partial charge in [-0.05, 0) is 19.3 Å². The quantitative estimate of drug-likeness (QED) is 0.603. The molecule has 23 heavy (non-hydrogen) atoms. The lowest BCUT2D eigenvalue weighted by molar-refractivity contribution is -0.154. The van der Waals surface area contributed by atoms with Crippen molar-refractivity contribution in [3.8, 4) is 0 Å². The lowest BCUT2D eigenvalue weighted by Crippen LogP contribution is -2.46. The minimum Gasteiger partial charge on any atom is -0.481 e. The molecule has 1 rings (SSSR count). The number of hydrogen-bond acceptors (Lipinski definition) is 4. The van der Waals surface area contributed by atoms with Crippen LogP contribution in [0, 0.1) is 10.8 Å². The molecular weight excluding hydrogens is 300 g/mol. The fraction of sp³-hybridized carbons (Fsp3) is 0.812. The van der Waals surface area contributed by atoms with Crippen LogP contribution < -0.4 is 10.6 Å². The second kappa shape index (κ2) is 8.29. The van der Waals surface area contributed by atoms with E-state index in [2.05, 4.69) is 10.6 Å². The summed E-state index contributed by atoms with van der Waals surface area (Å²) in [6, 6.07) is 0. The topological polar surface area (TPSA) is 105 Å². The van der Waals surface area contributed by atoms with Gasteiger partial charge in [-0.15, -0.1) is 0 Å². The van der Waals surface area contributed by atoms with Crippen LogP contribution in [0.1, 0.15) is 46.5 Å². The highest BCUT2D eigenvalue weighted by atomic mass is 16.5. The van der Waals surface area contributed by atoms with Gasteiger partial charge < -0.3 is 20.5 Å². The molecule has 1 aliphatic rings. The van der Waals surface area contributed by atoms with Crippen LogP contribution in [0.4, 0.5) is 0 Å². The summed E-state index contributed by atoms with van der Waals surface area (Å²) < 4.78 is 5.19. The molecule has 0 bridgehead atoms. The van der Waals surface area contributed by atoms with Gasteiger partial charge in [-0.3, -0.25) is 14.4 Å². The van der Waals surface area contributed by atoms with Gasteiger partial charge in [-0.25, -0.2) is 0 Å². The Kier molecular flexibility index (Phi) is 7.00. The standard InChI is InChI=1S/C16H28N2O5/c1-15(2,3)13(20)17-8-4-5-12(19)18-11-16(14(21)22)6-9-23-10-7-16/h4-11H2,1-3H3,(H,17,20)(H,18,19)(H,21,22). The van der Waals surface area contributed by atoms with E-state index in [0.29, 0.717) is 39.0 Å². The van der Waals surface area contributed by atoms with Crippen molar-refractivity contribution < 1.29 is 24.2 Å². The molecule has 0 unspecified atom stereocenters. The van der Waals surface area contributed by atoms with Crippen LogP contribution in [0.5, 0.6) is 0 Å². The highest BCUT2D eigenvalue weighted by Gasteiger charge is 2.40. The maximum atomic E-state index is 11.8. The van der Waals surface area contributed by atoms with Crippen LogP contribution in [-0.4, -0.2) is 49.2 Å². The van der Waals surface area contributed by atoms with E-state index in [1.165, 1.54) is 0 Å². The van der Waals surface area contributed by atoms with Crippen molar-refractivity contribution in [3.05, 3.63) is 0 Å². The molecule has 0 aromatic heterocycles. The van der Waals surface area contributed by atoms with Crippen molar-refractivity contribution in [2.75, 3.05) is 26.3 Å². The summed E-state index contributed by atoms with van der Waals surface area (Å²) in [7, 11) is 0. The molecule has 0 radical (unpaired) electrons. The molecule has 1 aliphatic heterocycles. The first-order valence-electron chi connectivity index (χ1n) is 8.03. The summed E-state index contributed by atoms with van der Waals surface area (Å²) in [5.74, 6) is -1.13. The normalized spacial score (nSPS) is 17.3. The Morgan fingerprint density at radius 2 is 1.74 bits per heavy atom. The Morgan fingerprint density at radius 3 is 2.26 bits per heavy atom. The molecule has 7 nitrogen and oxygen atoms in total. The molecule has 0 spiro atoms. The van der Waals surface area contributed by atoms with Crippen molar-refractivity contribution in [2.24, 2.45) is 10.8 Å². The molecule has 1 saturated heterocycles. The number of carbonyl (C=O) groups excluding carboxylic acids is 2. The van der Waals surface area contributed by atoms with Gasteiger partial charge in [0.25, 0.3) is 0 Å². The van der Waals surface area contributed by atoms with Gasteiger partial charge in [0.05, 0.1) is 5.41 Å². The van der Waals surface area contributed by atoms with E-state index in [1.54, 1.807) is 0 Å². The van der Waals surface area contributed by atoms with Gasteiger partial charge in [0.2, 0.25) is 11.8 Å². The molecule has 0 atom stereocenters. The predicted molar refractivity (Wildman–Crippen MR) is 84.8 cm³/mol. The van der Waals surface area contributed by atoms with Crippen molar-refractivity contribution >= 4 is 17.8 Å². The minimum absolute atomic E-state index is 0.0510. The van der Waals surface area contributed by atoms with Crippen LogP contribution in [0.3, 0.4) is 0 Å². The summed E-state index contributed by atoms with van der Waals surface area (Å²) in [5, 5.41) is 14.9. The van der Waals surface area contributed by atoms with Crippen LogP contribution in [0.15, 0.2) is 0 Å². The number of rotatable bonds is 7. The third-order valence-electron chi connectivity index (χ3n) is 4.07. The first-order valence-corrected chi connectivity index (χ1v) is 8.03. The van der Waals surface area contributed by atoms with E-state index < -0.39 is 16.8 Å². The van der Waals surface area contributed by atoms with Gasteiger partial charge >= 0.3 is 5.97 Å². The van der Waals surface area contributed by atoms with Crippen molar-refractivity contribution in [1.29, 1.82) is 0 Å². The molecule has 132 valence electrons. The average molecular weight is 328 g/mol. The van der Waals surface area contributed by atoms with Crippen LogP contribution in [-0.2, 0) is 19.1 Å². The second-order valence-electron chi connectivity index (χ2n) is 7.08. The van der Waals surface area contributed by atoms with E-state index in [-0.39, 0.29) is 24.8 Å². The number of hydrogen-bond donors (Lipinski definition) is 3. The molecule has 0 aliphatic carbocycles. The number of carbonyl (C=O) groups is 3. The number of nitrogens with one attached hydrogen (secondary N) is 2. The lowest BCUT2D eigenvalue weighted by Gasteiger charge is -2.33. The predicted octanol–water partition coefficient (Wildman–Crippen LogP) is 0.927. The molecular formula is C16H28N2O5. The maximum Gasteiger partial charge on any atom is 0.311 e. The third-order valence-corrected chi connectivity index (χ3v) is 4.07. The number of ether oxygens (including phenoxy) is 1. The monoisotopic (exact) mass is 328 g/mol. The van der Waals surface area contributed by atoms with Gasteiger partial charge in [-0.2, -0.15) is 0 Å². The smallest absolute Gasteiger partial charge is 0.311 e. The zero-order valence-corrected chi connectivity index (χ0v) is 14.2. The fourth-order valence-electron chi connectivity index (χ4n) is 2.30. The van der Waals surface area contributed by atoms with E-state index in [4.69, 9.17) is 4.74 Å². The Labute approximate surface area is 137 Å². The molecule has 1 heterocycles. The Morgan fingerprint density at radius 1 is 1.13 bits per heavy atom. The van der Waals surface area contributed by atoms with Gasteiger partial charge in [0, 0.05) is 38.1 Å². The number of amides is 2. The summed E-state index contributed by atoms with van der Waals surface area (Å²) in [4.78, 5) is 35.0. The third kappa shape index (κ3) is 6.17. The average Bonchev–Trinajstić information content (AvgIpc) is 2.49. The van der Waals surface area contributed by atoms with E-state index in [9.17, 15) is 19.5 Å². The van der Waals surface area contributed by atoms with Crippen molar-refractivity contribution in [1.82, 2.24) is 10.6 Å². The zero-order valence-electron chi connectivity index (χ0n) is 14.2. The van der Waals surface area contributed by atoms with E-state index in [0.717, 1.165) is 0 Å². The minimum atomic E-state index is -0.922. The lowest BCUT2D eigenvalue weighted by atomic mass is 9.80. The Bertz CT molecular complexity index is 436. The molecule has 0 aromatic carbocycles. The van der Waals surface area contributed by atoms with Crippen molar-refractivity contribution in [3.63, 3.8) is 0 Å². The summed E-state index contributed by atoms with van der Waals surface area (Å²) >= 11 is 0. The van der Waals surface area contributed by atoms with Crippen LogP contribution in [0.25, 0.3) is 0 Å². The number of carboxylic acids is 1. The fourth-order valence-corrected chi connectivity index (χ4v) is 2.30. The molecule has 7 heteroatoms. The van der Waals surface area contributed by atoms with Crippen molar-refractivity contribution in [2.45, 2.75) is 46.5 Å². The molecule has 0 saturated carbocycles. The molecule has 1 fully saturated rings. The first-order chi connectivity index (χ1) is 10.7. The van der Waals surface area contributed by atoms with Gasteiger partial charge in [0.1, 0.15) is 0 Å². The first kappa shape index (κ1) is 19.4. The summed E-state index contributed by atoms with van der Waals surface area (Å²) in [6.07, 6.45) is 1.60. The maximum absolute atomic E-state index is 11.8. The largest absolute Gasteiger partial charge is 0.481 e. The number of carboxylic acid groups (broad SMARTS) is 1. The SMILES string of the molecule is CC(C)(C)C(=O)NCCCC(=O)NCC1(C(=O)O)CCOCC1.